The van der Waals surface area contributed by atoms with Crippen molar-refractivity contribution in [3.8, 4) is 5.75 Å². The van der Waals surface area contributed by atoms with Crippen molar-refractivity contribution < 1.29 is 5.11 Å². The molecular formula is C16H15NO. The van der Waals surface area contributed by atoms with E-state index in [9.17, 15) is 5.11 Å². The molecule has 90 valence electrons. The zero-order chi connectivity index (χ0) is 12.2. The number of phenols is 1. The second kappa shape index (κ2) is 3.29. The van der Waals surface area contributed by atoms with Crippen LogP contribution >= 0.6 is 0 Å². The predicted molar refractivity (Wildman–Crippen MR) is 72.2 cm³/mol. The zero-order valence-electron chi connectivity index (χ0n) is 10.1. The summed E-state index contributed by atoms with van der Waals surface area (Å²) >= 11 is 0. The Morgan fingerprint density at radius 3 is 3.17 bits per heavy atom. The molecule has 1 aromatic carbocycles. The highest BCUT2D eigenvalue weighted by Crippen LogP contribution is 2.51. The van der Waals surface area contributed by atoms with Crippen LogP contribution in [0.25, 0.3) is 6.08 Å². The number of nitrogens with one attached hydrogen (secondary N) is 1. The van der Waals surface area contributed by atoms with E-state index in [4.69, 9.17) is 0 Å². The average molecular weight is 237 g/mol. The van der Waals surface area contributed by atoms with Crippen LogP contribution in [-0.4, -0.2) is 11.7 Å². The summed E-state index contributed by atoms with van der Waals surface area (Å²) in [6.07, 6.45) is 10.9. The van der Waals surface area contributed by atoms with Gasteiger partial charge < -0.3 is 10.4 Å². The first kappa shape index (κ1) is 10.0. The van der Waals surface area contributed by atoms with Gasteiger partial charge in [0, 0.05) is 17.7 Å². The number of hydrogen-bond donors (Lipinski definition) is 2. The van der Waals surface area contributed by atoms with Crippen molar-refractivity contribution >= 4 is 6.08 Å². The van der Waals surface area contributed by atoms with Gasteiger partial charge in [-0.05, 0) is 47.8 Å². The number of aromatic hydroxyl groups is 1. The standard InChI is InChI=1S/C16H15NO/c18-12-5-4-11-9-15-13-3-1-2-6-16(13,7-8-17-15)14(11)10-12/h1-5,9-10,17-18H,6-8H2. The Labute approximate surface area is 106 Å². The Morgan fingerprint density at radius 2 is 2.22 bits per heavy atom. The number of fused-ring (bicyclic) bond motifs is 1. The summed E-state index contributed by atoms with van der Waals surface area (Å²) in [7, 11) is 0. The van der Waals surface area contributed by atoms with Gasteiger partial charge in [-0.2, -0.15) is 0 Å². The Kier molecular flexibility index (Phi) is 1.83. The molecule has 2 aliphatic carbocycles. The van der Waals surface area contributed by atoms with Gasteiger partial charge in [-0.25, -0.2) is 0 Å². The summed E-state index contributed by atoms with van der Waals surface area (Å²) in [5.41, 5.74) is 5.24. The van der Waals surface area contributed by atoms with E-state index >= 15 is 0 Å². The molecule has 1 atom stereocenters. The quantitative estimate of drug-likeness (QED) is 0.727. The van der Waals surface area contributed by atoms with E-state index in [0.717, 1.165) is 19.4 Å². The number of benzene rings is 1. The van der Waals surface area contributed by atoms with E-state index in [1.807, 2.05) is 12.1 Å². The molecule has 2 N–H and O–H groups in total. The van der Waals surface area contributed by atoms with Gasteiger partial charge >= 0.3 is 0 Å². The minimum absolute atomic E-state index is 0.0815. The lowest BCUT2D eigenvalue weighted by Crippen LogP contribution is -2.43. The summed E-state index contributed by atoms with van der Waals surface area (Å²) < 4.78 is 0. The lowest BCUT2D eigenvalue weighted by atomic mass is 9.61. The second-order valence-electron chi connectivity index (χ2n) is 5.30. The molecule has 1 heterocycles. The minimum atomic E-state index is 0.0815. The van der Waals surface area contributed by atoms with Gasteiger partial charge in [-0.1, -0.05) is 24.3 Å². The van der Waals surface area contributed by atoms with Crippen LogP contribution in [0.5, 0.6) is 5.75 Å². The molecular weight excluding hydrogens is 222 g/mol. The molecule has 0 aromatic heterocycles. The van der Waals surface area contributed by atoms with E-state index < -0.39 is 0 Å². The number of allylic oxidation sites excluding steroid dienone is 4. The molecule has 2 nitrogen and oxygen atoms in total. The topological polar surface area (TPSA) is 32.3 Å². The summed E-state index contributed by atoms with van der Waals surface area (Å²) in [6.45, 7) is 1.01. The zero-order valence-corrected chi connectivity index (χ0v) is 10.1. The SMILES string of the molecule is Oc1ccc2c(c1)C13CC=CC=C1C(=C2)NCC3. The molecule has 0 saturated carbocycles. The fourth-order valence-electron chi connectivity index (χ4n) is 3.55. The van der Waals surface area contributed by atoms with E-state index in [0.29, 0.717) is 5.75 Å². The van der Waals surface area contributed by atoms with Crippen molar-refractivity contribution in [3.05, 3.63) is 58.8 Å². The number of rotatable bonds is 0. The lowest BCUT2D eigenvalue weighted by Gasteiger charge is -2.46. The normalized spacial score (nSPS) is 27.6. The van der Waals surface area contributed by atoms with Crippen molar-refractivity contribution in [1.29, 1.82) is 0 Å². The van der Waals surface area contributed by atoms with Crippen molar-refractivity contribution in [2.24, 2.45) is 0 Å². The maximum absolute atomic E-state index is 9.80. The van der Waals surface area contributed by atoms with Crippen LogP contribution in [0.4, 0.5) is 0 Å². The fraction of sp³-hybridized carbons (Fsp3) is 0.250. The second-order valence-corrected chi connectivity index (χ2v) is 5.30. The molecule has 0 spiro atoms. The Bertz CT molecular complexity index is 624. The number of piperidine rings is 1. The van der Waals surface area contributed by atoms with Crippen LogP contribution < -0.4 is 5.32 Å². The average Bonchev–Trinajstić information content (AvgIpc) is 2.40. The van der Waals surface area contributed by atoms with Crippen LogP contribution in [0.3, 0.4) is 0 Å². The summed E-state index contributed by atoms with van der Waals surface area (Å²) in [5, 5.41) is 13.3. The number of phenolic OH excluding ortho intramolecular Hbond substituents is 1. The minimum Gasteiger partial charge on any atom is -0.508 e. The van der Waals surface area contributed by atoms with Crippen LogP contribution in [0.1, 0.15) is 24.0 Å². The Balaban J connectivity index is 2.06. The Morgan fingerprint density at radius 1 is 1.28 bits per heavy atom. The molecule has 1 aromatic rings. The van der Waals surface area contributed by atoms with E-state index in [1.165, 1.54) is 22.4 Å². The first-order valence-corrected chi connectivity index (χ1v) is 6.46. The van der Waals surface area contributed by atoms with Crippen molar-refractivity contribution in [2.75, 3.05) is 6.54 Å². The lowest BCUT2D eigenvalue weighted by molar-refractivity contribution is 0.413. The molecule has 2 bridgehead atoms. The van der Waals surface area contributed by atoms with Gasteiger partial charge in [0.25, 0.3) is 0 Å². The summed E-state index contributed by atoms with van der Waals surface area (Å²) in [6, 6.07) is 5.74. The van der Waals surface area contributed by atoms with Gasteiger partial charge in [0.1, 0.15) is 5.75 Å². The van der Waals surface area contributed by atoms with Gasteiger partial charge in [-0.15, -0.1) is 0 Å². The first-order valence-electron chi connectivity index (χ1n) is 6.46. The molecule has 0 amide bonds. The van der Waals surface area contributed by atoms with Gasteiger partial charge in [-0.3, -0.25) is 0 Å². The molecule has 1 unspecified atom stereocenters. The third-order valence-electron chi connectivity index (χ3n) is 4.39. The predicted octanol–water partition coefficient (Wildman–Crippen LogP) is 2.86. The third-order valence-corrected chi connectivity index (χ3v) is 4.39. The van der Waals surface area contributed by atoms with Crippen molar-refractivity contribution in [2.45, 2.75) is 18.3 Å². The fourth-order valence-corrected chi connectivity index (χ4v) is 3.55. The van der Waals surface area contributed by atoms with Crippen LogP contribution in [0, 0.1) is 0 Å². The maximum atomic E-state index is 9.80. The number of hydrogen-bond acceptors (Lipinski definition) is 2. The highest BCUT2D eigenvalue weighted by molar-refractivity contribution is 5.73. The molecule has 1 aliphatic heterocycles. The van der Waals surface area contributed by atoms with E-state index in [-0.39, 0.29) is 5.41 Å². The molecule has 4 rings (SSSR count). The molecule has 2 heteroatoms. The molecule has 1 saturated heterocycles. The van der Waals surface area contributed by atoms with E-state index in [1.54, 1.807) is 6.07 Å². The highest BCUT2D eigenvalue weighted by Gasteiger charge is 2.43. The molecule has 18 heavy (non-hydrogen) atoms. The first-order chi connectivity index (χ1) is 8.79. The van der Waals surface area contributed by atoms with Crippen molar-refractivity contribution in [3.63, 3.8) is 0 Å². The van der Waals surface area contributed by atoms with Crippen LogP contribution in [0.2, 0.25) is 0 Å². The monoisotopic (exact) mass is 237 g/mol. The Hall–Kier alpha value is -1.96. The van der Waals surface area contributed by atoms with E-state index in [2.05, 4.69) is 29.6 Å². The third kappa shape index (κ3) is 1.13. The molecule has 1 fully saturated rings. The maximum Gasteiger partial charge on any atom is 0.115 e. The highest BCUT2D eigenvalue weighted by atomic mass is 16.3. The van der Waals surface area contributed by atoms with Gasteiger partial charge in [0.15, 0.2) is 0 Å². The van der Waals surface area contributed by atoms with Gasteiger partial charge in [0.05, 0.1) is 0 Å². The molecule has 3 aliphatic rings. The molecule has 0 radical (unpaired) electrons. The summed E-state index contributed by atoms with van der Waals surface area (Å²) in [5.74, 6) is 0.368. The smallest absolute Gasteiger partial charge is 0.115 e. The van der Waals surface area contributed by atoms with Crippen LogP contribution in [0.15, 0.2) is 47.7 Å². The van der Waals surface area contributed by atoms with Crippen LogP contribution in [-0.2, 0) is 5.41 Å². The summed E-state index contributed by atoms with van der Waals surface area (Å²) in [4.78, 5) is 0. The largest absolute Gasteiger partial charge is 0.508 e. The van der Waals surface area contributed by atoms with Crippen molar-refractivity contribution in [1.82, 2.24) is 5.32 Å². The van der Waals surface area contributed by atoms with Gasteiger partial charge in [0.2, 0.25) is 0 Å².